The van der Waals surface area contributed by atoms with E-state index in [0.717, 1.165) is 33.4 Å². The van der Waals surface area contributed by atoms with E-state index in [4.69, 9.17) is 15.5 Å². The zero-order chi connectivity index (χ0) is 32.6. The summed E-state index contributed by atoms with van der Waals surface area (Å²) in [4.78, 5) is 21.0. The van der Waals surface area contributed by atoms with Crippen LogP contribution in [0.1, 0.15) is 69.3 Å². The maximum Gasteiger partial charge on any atom is 0.164 e. The molecule has 0 spiro atoms. The first-order valence-electron chi connectivity index (χ1n) is 15.0. The average molecular weight is 718 g/mol. The Morgan fingerprint density at radius 3 is 1.88 bits per heavy atom. The van der Waals surface area contributed by atoms with E-state index in [1.54, 1.807) is 0 Å². The van der Waals surface area contributed by atoms with Gasteiger partial charge in [0.25, 0.3) is 0 Å². The fourth-order valence-corrected chi connectivity index (χ4v) is 3.92. The van der Waals surface area contributed by atoms with Crippen molar-refractivity contribution in [3.05, 3.63) is 94.7 Å². The van der Waals surface area contributed by atoms with Gasteiger partial charge >= 0.3 is 0 Å². The van der Waals surface area contributed by atoms with Gasteiger partial charge < -0.3 is 5.11 Å². The second kappa shape index (κ2) is 13.0. The number of aryl methyl sites for hydroxylation is 4. The molecule has 0 bridgehead atoms. The van der Waals surface area contributed by atoms with Gasteiger partial charge in [0.05, 0.1) is 22.2 Å². The number of aliphatic hydroxyl groups is 1. The molecule has 0 saturated carbocycles. The minimum absolute atomic E-state index is 0. The number of fused-ring (bicyclic) bond motifs is 1. The summed E-state index contributed by atoms with van der Waals surface area (Å²) in [7, 11) is 0. The van der Waals surface area contributed by atoms with Crippen molar-refractivity contribution in [2.75, 3.05) is 0 Å². The van der Waals surface area contributed by atoms with Crippen LogP contribution < -0.4 is 0 Å². The molecule has 0 aliphatic carbocycles. The minimum atomic E-state index is -0.417. The first kappa shape index (κ1) is 27.1. The Labute approximate surface area is 259 Å². The summed E-state index contributed by atoms with van der Waals surface area (Å²) in [5.41, 5.74) is 6.49. The van der Waals surface area contributed by atoms with Gasteiger partial charge in [-0.25, -0.2) is 0 Å². The number of benzene rings is 3. The van der Waals surface area contributed by atoms with Gasteiger partial charge in [-0.2, -0.15) is 0 Å². The molecular formula is C35H41IrN2O2-. The van der Waals surface area contributed by atoms with Gasteiger partial charge in [-0.05, 0) is 42.6 Å². The van der Waals surface area contributed by atoms with E-state index in [1.807, 2.05) is 99.6 Å². The summed E-state index contributed by atoms with van der Waals surface area (Å²) in [6.45, 7) is 19.1. The number of hydrogen-bond donors (Lipinski definition) is 1. The second-order valence-electron chi connectivity index (χ2n) is 12.0. The Balaban J connectivity index is 0.000000412. The van der Waals surface area contributed by atoms with Crippen LogP contribution in [0.5, 0.6) is 0 Å². The number of carbonyl (C=O) groups excluding carboxylic acids is 1. The van der Waals surface area contributed by atoms with Crippen LogP contribution in [0.3, 0.4) is 0 Å². The standard InChI is InChI=1S/C24H21N2.C11H20O2.Ir/c1-15-12-16(2)14-19(13-15)23-24(22-17(3)8-7-9-18(22)4)26-21-11-6-5-10-20(21)25-23;1-10(2,3)8(12)7-9(13)11(4,5)6;/h5-13H,1-4H3;7,12H,1-6H3;/q-1;;/b;8-7-;/i5D,6D,10D,11D;;. The first-order valence-corrected chi connectivity index (χ1v) is 13.0. The smallest absolute Gasteiger partial charge is 0.164 e. The number of nitrogens with zero attached hydrogens (tertiary/aromatic N) is 2. The summed E-state index contributed by atoms with van der Waals surface area (Å²) in [5, 5.41) is 9.56. The molecule has 5 heteroatoms. The molecule has 4 nitrogen and oxygen atoms in total. The molecule has 1 heterocycles. The zero-order valence-electron chi connectivity index (χ0n) is 29.0. The fraction of sp³-hybridized carbons (Fsp3) is 0.343. The van der Waals surface area contributed by atoms with E-state index in [-0.39, 0.29) is 72.3 Å². The van der Waals surface area contributed by atoms with Crippen molar-refractivity contribution in [2.45, 2.75) is 69.2 Å². The van der Waals surface area contributed by atoms with Crippen LogP contribution in [0, 0.1) is 44.6 Å². The third-order valence-corrected chi connectivity index (χ3v) is 6.22. The summed E-state index contributed by atoms with van der Waals surface area (Å²) >= 11 is 0. The number of aliphatic hydroxyl groups excluding tert-OH is 1. The summed E-state index contributed by atoms with van der Waals surface area (Å²) in [6.07, 6.45) is 1.33. The zero-order valence-corrected chi connectivity index (χ0v) is 27.4. The third-order valence-electron chi connectivity index (χ3n) is 6.22. The molecule has 1 radical (unpaired) electrons. The van der Waals surface area contributed by atoms with Gasteiger partial charge in [-0.15, -0.1) is 34.9 Å². The van der Waals surface area contributed by atoms with Crippen LogP contribution in [0.4, 0.5) is 0 Å². The van der Waals surface area contributed by atoms with Crippen LogP contribution >= 0.6 is 0 Å². The Bertz CT molecular complexity index is 1710. The molecule has 0 saturated heterocycles. The Morgan fingerprint density at radius 2 is 1.40 bits per heavy atom. The van der Waals surface area contributed by atoms with Gasteiger partial charge in [0.1, 0.15) is 5.76 Å². The molecule has 213 valence electrons. The van der Waals surface area contributed by atoms with Crippen LogP contribution in [-0.2, 0) is 24.9 Å². The first-order chi connectivity index (χ1) is 19.7. The maximum absolute atomic E-state index is 11.5. The molecule has 0 unspecified atom stereocenters. The molecule has 1 N–H and O–H groups in total. The van der Waals surface area contributed by atoms with Crippen molar-refractivity contribution < 1.29 is 35.5 Å². The van der Waals surface area contributed by atoms with Gasteiger partial charge in [0.15, 0.2) is 5.78 Å². The van der Waals surface area contributed by atoms with Crippen molar-refractivity contribution in [2.24, 2.45) is 10.8 Å². The largest absolute Gasteiger partial charge is 0.512 e. The molecule has 3 aromatic carbocycles. The van der Waals surface area contributed by atoms with E-state index in [2.05, 4.69) is 6.07 Å². The Hall–Kier alpha value is -3.14. The predicted molar refractivity (Wildman–Crippen MR) is 163 cm³/mol. The van der Waals surface area contributed by atoms with Crippen LogP contribution in [0.2, 0.25) is 0 Å². The average Bonchev–Trinajstić information content (AvgIpc) is 2.89. The Kier molecular flexibility index (Phi) is 8.80. The molecule has 4 aromatic rings. The molecule has 0 aliphatic heterocycles. The Morgan fingerprint density at radius 1 is 0.875 bits per heavy atom. The number of aromatic nitrogens is 2. The number of ketones is 1. The number of carbonyl (C=O) groups is 1. The van der Waals surface area contributed by atoms with Crippen LogP contribution in [0.25, 0.3) is 33.5 Å². The number of rotatable bonds is 3. The molecule has 0 fully saturated rings. The van der Waals surface area contributed by atoms with Crippen molar-refractivity contribution >= 4 is 16.8 Å². The molecule has 0 amide bonds. The van der Waals surface area contributed by atoms with Crippen LogP contribution in [-0.4, -0.2) is 20.9 Å². The number of allylic oxidation sites excluding steroid dienone is 2. The van der Waals surface area contributed by atoms with E-state index < -0.39 is 5.41 Å². The van der Waals surface area contributed by atoms with Crippen molar-refractivity contribution in [1.82, 2.24) is 9.97 Å². The summed E-state index contributed by atoms with van der Waals surface area (Å²) in [6, 6.07) is 12.4. The molecule has 0 atom stereocenters. The fourth-order valence-electron chi connectivity index (χ4n) is 3.92. The topological polar surface area (TPSA) is 63.1 Å². The quantitative estimate of drug-likeness (QED) is 0.131. The van der Waals surface area contributed by atoms with Gasteiger partial charge in [0.2, 0.25) is 0 Å². The van der Waals surface area contributed by atoms with Gasteiger partial charge in [0, 0.05) is 42.7 Å². The number of para-hydroxylation sites is 2. The minimum Gasteiger partial charge on any atom is -0.512 e. The van der Waals surface area contributed by atoms with E-state index >= 15 is 0 Å². The molecular weight excluding hydrogens is 673 g/mol. The van der Waals surface area contributed by atoms with Crippen molar-refractivity contribution in [3.8, 4) is 22.5 Å². The van der Waals surface area contributed by atoms with E-state index in [9.17, 15) is 9.90 Å². The molecule has 1 aromatic heterocycles. The monoisotopic (exact) mass is 718 g/mol. The van der Waals surface area contributed by atoms with Crippen molar-refractivity contribution in [3.63, 3.8) is 0 Å². The van der Waals surface area contributed by atoms with Crippen molar-refractivity contribution in [1.29, 1.82) is 0 Å². The van der Waals surface area contributed by atoms with E-state index in [0.29, 0.717) is 11.4 Å². The SMILES string of the molecule is CC(C)(C)C(=O)/C=C(\O)C(C)(C)C.[2H]c1c([2H])c([2H])c2nc(-c3c(C)cccc3C)c(-c3[c-]c(C)cc(C)c3)nc2c1[2H].[Ir]. The summed E-state index contributed by atoms with van der Waals surface area (Å²) < 4.78 is 32.7. The van der Waals surface area contributed by atoms with Gasteiger partial charge in [-0.1, -0.05) is 85.7 Å². The van der Waals surface area contributed by atoms with Crippen LogP contribution in [0.15, 0.2) is 66.3 Å². The predicted octanol–water partition coefficient (Wildman–Crippen LogP) is 9.08. The normalized spacial score (nSPS) is 13.3. The second-order valence-corrected chi connectivity index (χ2v) is 12.0. The number of hydrogen-bond acceptors (Lipinski definition) is 4. The third kappa shape index (κ3) is 8.19. The van der Waals surface area contributed by atoms with E-state index in [1.165, 1.54) is 6.08 Å². The molecule has 40 heavy (non-hydrogen) atoms. The molecule has 0 aliphatic rings. The van der Waals surface area contributed by atoms with Gasteiger partial charge in [-0.3, -0.25) is 14.8 Å². The maximum atomic E-state index is 11.5. The molecule has 4 rings (SSSR count). The summed E-state index contributed by atoms with van der Waals surface area (Å²) in [5.74, 6) is 0.104.